The fourth-order valence-corrected chi connectivity index (χ4v) is 3.09. The van der Waals surface area contributed by atoms with Gasteiger partial charge in [0, 0.05) is 12.6 Å². The zero-order valence-corrected chi connectivity index (χ0v) is 15.6. The molecule has 0 heterocycles. The highest BCUT2D eigenvalue weighted by Crippen LogP contribution is 2.26. The number of rotatable bonds is 6. The van der Waals surface area contributed by atoms with Gasteiger partial charge < -0.3 is 14.8 Å². The second-order valence-corrected chi connectivity index (χ2v) is 6.42. The molecule has 1 aliphatic rings. The van der Waals surface area contributed by atoms with Gasteiger partial charge in [-0.2, -0.15) is 0 Å². The maximum Gasteiger partial charge on any atom is 0.345 e. The third kappa shape index (κ3) is 4.88. The van der Waals surface area contributed by atoms with E-state index in [1.807, 2.05) is 18.2 Å². The molecule has 0 aliphatic heterocycles. The molecule has 3 rings (SSSR count). The molecule has 0 unspecified atom stereocenters. The molecule has 3 amide bonds. The van der Waals surface area contributed by atoms with Gasteiger partial charge in [0.15, 0.2) is 6.61 Å². The summed E-state index contributed by atoms with van der Waals surface area (Å²) in [4.78, 5) is 36.1. The molecular formula is C21H22N2O5. The Morgan fingerprint density at radius 2 is 1.79 bits per heavy atom. The van der Waals surface area contributed by atoms with Crippen molar-refractivity contribution in [2.75, 3.05) is 13.7 Å². The monoisotopic (exact) mass is 382 g/mol. The summed E-state index contributed by atoms with van der Waals surface area (Å²) in [7, 11) is 1.39. The number of nitrogens with one attached hydrogen (secondary N) is 2. The highest BCUT2D eigenvalue weighted by molar-refractivity contribution is 5.97. The molecule has 7 heteroatoms. The first-order valence-corrected chi connectivity index (χ1v) is 9.08. The molecule has 7 nitrogen and oxygen atoms in total. The van der Waals surface area contributed by atoms with E-state index in [-0.39, 0.29) is 6.61 Å². The van der Waals surface area contributed by atoms with Crippen LogP contribution in [0.3, 0.4) is 0 Å². The Morgan fingerprint density at radius 1 is 1.04 bits per heavy atom. The van der Waals surface area contributed by atoms with E-state index in [9.17, 15) is 14.4 Å². The first-order chi connectivity index (χ1) is 13.6. The Morgan fingerprint density at radius 3 is 2.54 bits per heavy atom. The van der Waals surface area contributed by atoms with Gasteiger partial charge in [-0.15, -0.1) is 0 Å². The first-order valence-electron chi connectivity index (χ1n) is 9.08. The van der Waals surface area contributed by atoms with Gasteiger partial charge in [-0.25, -0.2) is 9.59 Å². The molecule has 1 aliphatic carbocycles. The number of carbonyl (C=O) groups excluding carboxylic acids is 3. The van der Waals surface area contributed by atoms with Crippen LogP contribution in [-0.4, -0.2) is 31.6 Å². The maximum absolute atomic E-state index is 12.4. The fraction of sp³-hybridized carbons (Fsp3) is 0.286. The van der Waals surface area contributed by atoms with Crippen molar-refractivity contribution in [2.24, 2.45) is 0 Å². The summed E-state index contributed by atoms with van der Waals surface area (Å²) >= 11 is 0. The lowest BCUT2D eigenvalue weighted by Crippen LogP contribution is -2.41. The summed E-state index contributed by atoms with van der Waals surface area (Å²) in [6, 6.07) is 13.6. The van der Waals surface area contributed by atoms with E-state index in [0.717, 1.165) is 19.3 Å². The summed E-state index contributed by atoms with van der Waals surface area (Å²) < 4.78 is 10.8. The molecule has 0 spiro atoms. The number of amides is 3. The van der Waals surface area contributed by atoms with Crippen molar-refractivity contribution in [3.8, 4) is 5.75 Å². The van der Waals surface area contributed by atoms with Crippen molar-refractivity contribution in [2.45, 2.75) is 25.4 Å². The van der Waals surface area contributed by atoms with Crippen molar-refractivity contribution in [3.05, 3.63) is 65.2 Å². The second-order valence-electron chi connectivity index (χ2n) is 6.42. The number of ether oxygens (including phenoxy) is 2. The van der Waals surface area contributed by atoms with Crippen molar-refractivity contribution in [3.63, 3.8) is 0 Å². The minimum Gasteiger partial charge on any atom is -0.482 e. The highest BCUT2D eigenvalue weighted by atomic mass is 16.6. The molecule has 0 bridgehead atoms. The topological polar surface area (TPSA) is 93.7 Å². The van der Waals surface area contributed by atoms with E-state index >= 15 is 0 Å². The molecular weight excluding hydrogens is 360 g/mol. The van der Waals surface area contributed by atoms with Crippen LogP contribution in [-0.2, 0) is 27.2 Å². The van der Waals surface area contributed by atoms with Crippen molar-refractivity contribution >= 4 is 17.9 Å². The number of urea groups is 1. The summed E-state index contributed by atoms with van der Waals surface area (Å²) in [5.74, 6) is -0.860. The largest absolute Gasteiger partial charge is 0.482 e. The molecule has 0 aromatic heterocycles. The molecule has 28 heavy (non-hydrogen) atoms. The fourth-order valence-electron chi connectivity index (χ4n) is 3.09. The molecule has 2 aromatic carbocycles. The number of hydrogen-bond acceptors (Lipinski definition) is 5. The van der Waals surface area contributed by atoms with Gasteiger partial charge in [0.05, 0.1) is 0 Å². The van der Waals surface area contributed by atoms with Crippen molar-refractivity contribution < 1.29 is 23.9 Å². The summed E-state index contributed by atoms with van der Waals surface area (Å²) in [6.45, 7) is -0.338. The third-order valence-electron chi connectivity index (χ3n) is 4.48. The average Bonchev–Trinajstić information content (AvgIpc) is 3.18. The summed E-state index contributed by atoms with van der Waals surface area (Å²) in [5.41, 5.74) is 3.00. The quantitative estimate of drug-likeness (QED) is 0.748. The SMILES string of the molecule is CNC(=O)NC(=O)[C@@H](OC(=O)COc1ccc2c(c1)CCC2)c1ccccc1. The van der Waals surface area contributed by atoms with Crippen LogP contribution in [0.25, 0.3) is 0 Å². The van der Waals surface area contributed by atoms with Crippen LogP contribution < -0.4 is 15.4 Å². The van der Waals surface area contributed by atoms with Crippen molar-refractivity contribution in [1.82, 2.24) is 10.6 Å². The minimum absolute atomic E-state index is 0.338. The number of fused-ring (bicyclic) bond motifs is 1. The van der Waals surface area contributed by atoms with Crippen LogP contribution in [0.2, 0.25) is 0 Å². The van der Waals surface area contributed by atoms with E-state index in [1.54, 1.807) is 30.3 Å². The predicted octanol–water partition coefficient (Wildman–Crippen LogP) is 2.29. The standard InChI is InChI=1S/C21H22N2O5/c1-22-21(26)23-20(25)19(15-6-3-2-4-7-15)28-18(24)13-27-17-11-10-14-8-5-9-16(14)12-17/h2-4,6-7,10-12,19H,5,8-9,13H2,1H3,(H2,22,23,25,26)/t19-/m0/s1. The van der Waals surface area contributed by atoms with Crippen LogP contribution >= 0.6 is 0 Å². The maximum atomic E-state index is 12.4. The molecule has 0 fully saturated rings. The molecule has 2 aromatic rings. The Balaban J connectivity index is 1.63. The normalized spacial score (nSPS) is 13.2. The van der Waals surface area contributed by atoms with Crippen LogP contribution in [0.15, 0.2) is 48.5 Å². The summed E-state index contributed by atoms with van der Waals surface area (Å²) in [5, 5.41) is 4.42. The number of carbonyl (C=O) groups is 3. The first kappa shape index (κ1) is 19.4. The number of hydrogen-bond donors (Lipinski definition) is 2. The number of esters is 1. The number of aryl methyl sites for hydroxylation is 2. The van der Waals surface area contributed by atoms with E-state index in [2.05, 4.69) is 10.6 Å². The zero-order valence-electron chi connectivity index (χ0n) is 15.6. The smallest absolute Gasteiger partial charge is 0.345 e. The molecule has 2 N–H and O–H groups in total. The lowest BCUT2D eigenvalue weighted by molar-refractivity contribution is -0.158. The van der Waals surface area contributed by atoms with E-state index in [1.165, 1.54) is 18.2 Å². The van der Waals surface area contributed by atoms with Gasteiger partial charge in [-0.1, -0.05) is 36.4 Å². The van der Waals surface area contributed by atoms with Gasteiger partial charge in [0.25, 0.3) is 5.91 Å². The molecule has 0 saturated heterocycles. The van der Waals surface area contributed by atoms with Crippen LogP contribution in [0.4, 0.5) is 4.79 Å². The van der Waals surface area contributed by atoms with Gasteiger partial charge in [0.2, 0.25) is 6.10 Å². The van der Waals surface area contributed by atoms with Crippen LogP contribution in [0.1, 0.15) is 29.2 Å². The Labute approximate surface area is 163 Å². The Kier molecular flexibility index (Phi) is 6.26. The minimum atomic E-state index is -1.25. The highest BCUT2D eigenvalue weighted by Gasteiger charge is 2.26. The lowest BCUT2D eigenvalue weighted by atomic mass is 10.1. The number of benzene rings is 2. The van der Waals surface area contributed by atoms with Gasteiger partial charge in [-0.05, 0) is 42.5 Å². The van der Waals surface area contributed by atoms with E-state index < -0.39 is 24.0 Å². The predicted molar refractivity (Wildman–Crippen MR) is 102 cm³/mol. The lowest BCUT2D eigenvalue weighted by Gasteiger charge is -2.17. The van der Waals surface area contributed by atoms with Gasteiger partial charge in [0.1, 0.15) is 5.75 Å². The van der Waals surface area contributed by atoms with E-state index in [0.29, 0.717) is 11.3 Å². The van der Waals surface area contributed by atoms with Crippen molar-refractivity contribution in [1.29, 1.82) is 0 Å². The molecule has 0 saturated carbocycles. The molecule has 1 atom stereocenters. The Bertz CT molecular complexity index is 866. The Hall–Kier alpha value is -3.35. The number of imide groups is 1. The van der Waals surface area contributed by atoms with Crippen LogP contribution in [0, 0.1) is 0 Å². The van der Waals surface area contributed by atoms with Gasteiger partial charge in [-0.3, -0.25) is 10.1 Å². The third-order valence-corrected chi connectivity index (χ3v) is 4.48. The summed E-state index contributed by atoms with van der Waals surface area (Å²) in [6.07, 6.45) is 1.94. The average molecular weight is 382 g/mol. The van der Waals surface area contributed by atoms with Crippen LogP contribution in [0.5, 0.6) is 5.75 Å². The van der Waals surface area contributed by atoms with Gasteiger partial charge >= 0.3 is 12.0 Å². The van der Waals surface area contributed by atoms with E-state index in [4.69, 9.17) is 9.47 Å². The molecule has 0 radical (unpaired) electrons. The molecule has 146 valence electrons. The zero-order chi connectivity index (χ0) is 19.9. The second kappa shape index (κ2) is 9.03.